The first-order valence-corrected chi connectivity index (χ1v) is 10.3. The molecule has 0 aromatic carbocycles. The van der Waals surface area contributed by atoms with Crippen LogP contribution in [-0.4, -0.2) is 77.4 Å². The van der Waals surface area contributed by atoms with Crippen molar-refractivity contribution in [3.8, 4) is 37.0 Å². The molecule has 1 saturated heterocycles. The average Bonchev–Trinajstić information content (AvgIpc) is 3.10. The summed E-state index contributed by atoms with van der Waals surface area (Å²) in [4.78, 5) is 27.1. The third kappa shape index (κ3) is 6.34. The van der Waals surface area contributed by atoms with Crippen LogP contribution in [0.25, 0.3) is 0 Å². The van der Waals surface area contributed by atoms with Crippen LogP contribution >= 0.6 is 0 Å². The lowest BCUT2D eigenvalue weighted by atomic mass is 10.1. The van der Waals surface area contributed by atoms with E-state index in [1.807, 2.05) is 11.9 Å². The van der Waals surface area contributed by atoms with Crippen molar-refractivity contribution in [2.45, 2.75) is 43.9 Å². The van der Waals surface area contributed by atoms with E-state index in [1.54, 1.807) is 0 Å². The molecule has 0 amide bonds. The molecule has 0 unspecified atom stereocenters. The Morgan fingerprint density at radius 1 is 1.12 bits per heavy atom. The van der Waals surface area contributed by atoms with Crippen molar-refractivity contribution in [2.75, 3.05) is 40.0 Å². The van der Waals surface area contributed by atoms with Gasteiger partial charge in [-0.25, -0.2) is 9.36 Å². The van der Waals surface area contributed by atoms with Gasteiger partial charge in [0.2, 0.25) is 0 Å². The van der Waals surface area contributed by atoms with Gasteiger partial charge in [0.1, 0.15) is 31.5 Å². The monoisotopic (exact) mass is 443 g/mol. The number of unbranched alkanes of at least 4 members (excludes halogenated alkanes) is 1. The summed E-state index contributed by atoms with van der Waals surface area (Å²) in [6.07, 6.45) is 16.2. The van der Waals surface area contributed by atoms with E-state index in [0.29, 0.717) is 13.0 Å². The topological polar surface area (TPSA) is 95.2 Å². The van der Waals surface area contributed by atoms with Crippen molar-refractivity contribution in [1.82, 2.24) is 14.0 Å². The van der Waals surface area contributed by atoms with Gasteiger partial charge in [0.25, 0.3) is 5.56 Å². The van der Waals surface area contributed by atoms with E-state index in [2.05, 4.69) is 17.8 Å². The zero-order chi connectivity index (χ0) is 23.5. The molecule has 1 aromatic heterocycles. The fraction of sp³-hybridized carbons (Fsp3) is 0.565. The second kappa shape index (κ2) is 12.9. The maximum absolute atomic E-state index is 13.0. The maximum Gasteiger partial charge on any atom is 0.334 e. The number of hydrogen-bond donors (Lipinski definition) is 1. The minimum Gasteiger partial charge on any atom is -0.396 e. The van der Waals surface area contributed by atoms with Crippen LogP contribution in [0.2, 0.25) is 0 Å². The molecular weight excluding hydrogens is 414 g/mol. The molecular formula is C23H29N3O6. The molecule has 4 atom stereocenters. The van der Waals surface area contributed by atoms with Gasteiger partial charge in [-0.15, -0.1) is 19.3 Å². The molecule has 2 heterocycles. The quantitative estimate of drug-likeness (QED) is 0.337. The van der Waals surface area contributed by atoms with Crippen LogP contribution in [0.3, 0.4) is 0 Å². The smallest absolute Gasteiger partial charge is 0.334 e. The Bertz CT molecular complexity index is 980. The van der Waals surface area contributed by atoms with Crippen LogP contribution in [0.5, 0.6) is 0 Å². The Balaban J connectivity index is 2.38. The van der Waals surface area contributed by atoms with Crippen LogP contribution < -0.4 is 11.2 Å². The highest BCUT2D eigenvalue weighted by molar-refractivity contribution is 5.00. The van der Waals surface area contributed by atoms with Crippen molar-refractivity contribution in [2.24, 2.45) is 0 Å². The standard InChI is InChI=1S/C23H29N3O6/c1-5-11-25-19(28)10-13-26(23(25)29)22-21(31-16-7-3)20(30-15-6-2)18(32-22)17-24(4)12-8-9-14-27/h1-3,10,13,18,20-22,27H,8-9,11-12,14-17H2,4H3/t18-,20-,21-,22-/m1/s1. The second-order valence-corrected chi connectivity index (χ2v) is 7.35. The minimum atomic E-state index is -0.904. The van der Waals surface area contributed by atoms with Gasteiger partial charge in [-0.1, -0.05) is 17.8 Å². The third-order valence-corrected chi connectivity index (χ3v) is 5.06. The zero-order valence-corrected chi connectivity index (χ0v) is 18.2. The second-order valence-electron chi connectivity index (χ2n) is 7.35. The molecule has 2 rings (SSSR count). The van der Waals surface area contributed by atoms with Crippen LogP contribution in [0.15, 0.2) is 21.9 Å². The van der Waals surface area contributed by atoms with Crippen molar-refractivity contribution in [3.63, 3.8) is 0 Å². The first kappa shape index (κ1) is 25.4. The van der Waals surface area contributed by atoms with Crippen LogP contribution in [0.4, 0.5) is 0 Å². The highest BCUT2D eigenvalue weighted by atomic mass is 16.6. The van der Waals surface area contributed by atoms with E-state index >= 15 is 0 Å². The molecule has 0 saturated carbocycles. The summed E-state index contributed by atoms with van der Waals surface area (Å²) in [7, 11) is 1.92. The summed E-state index contributed by atoms with van der Waals surface area (Å²) < 4.78 is 20.1. The Labute approximate surface area is 187 Å². The van der Waals surface area contributed by atoms with Crippen molar-refractivity contribution < 1.29 is 19.3 Å². The third-order valence-electron chi connectivity index (χ3n) is 5.06. The summed E-state index contributed by atoms with van der Waals surface area (Å²) in [5.41, 5.74) is -1.13. The number of aliphatic hydroxyl groups excluding tert-OH is 1. The molecule has 32 heavy (non-hydrogen) atoms. The van der Waals surface area contributed by atoms with Gasteiger partial charge in [0.15, 0.2) is 6.23 Å². The van der Waals surface area contributed by atoms with Gasteiger partial charge >= 0.3 is 5.69 Å². The first-order chi connectivity index (χ1) is 15.5. The van der Waals surface area contributed by atoms with Gasteiger partial charge < -0.3 is 24.2 Å². The van der Waals surface area contributed by atoms with Crippen molar-refractivity contribution >= 4 is 0 Å². The van der Waals surface area contributed by atoms with Gasteiger partial charge in [-0.05, 0) is 26.4 Å². The number of nitrogens with zero attached hydrogens (tertiary/aromatic N) is 3. The number of aliphatic hydroxyl groups is 1. The molecule has 172 valence electrons. The molecule has 1 aromatic rings. The van der Waals surface area contributed by atoms with E-state index in [1.165, 1.54) is 16.8 Å². The number of likely N-dealkylation sites (N-methyl/N-ethyl adjacent to an activating group) is 1. The van der Waals surface area contributed by atoms with Gasteiger partial charge in [-0.3, -0.25) is 9.36 Å². The molecule has 1 aliphatic rings. The van der Waals surface area contributed by atoms with E-state index in [4.69, 9.17) is 38.6 Å². The molecule has 1 aliphatic heterocycles. The number of terminal acetylenes is 3. The molecule has 0 spiro atoms. The minimum absolute atomic E-state index is 0.0207. The average molecular weight is 444 g/mol. The number of hydrogen-bond acceptors (Lipinski definition) is 7. The molecule has 1 fully saturated rings. The predicted octanol–water partition coefficient (Wildman–Crippen LogP) is -0.718. The molecule has 9 heteroatoms. The largest absolute Gasteiger partial charge is 0.396 e. The van der Waals surface area contributed by atoms with Gasteiger partial charge in [0.05, 0.1) is 6.54 Å². The molecule has 0 bridgehead atoms. The summed E-state index contributed by atoms with van der Waals surface area (Å²) >= 11 is 0. The van der Waals surface area contributed by atoms with E-state index in [-0.39, 0.29) is 26.4 Å². The lowest BCUT2D eigenvalue weighted by Gasteiger charge is -2.26. The molecule has 0 radical (unpaired) electrons. The first-order valence-electron chi connectivity index (χ1n) is 10.3. The van der Waals surface area contributed by atoms with Crippen molar-refractivity contribution in [1.29, 1.82) is 0 Å². The summed E-state index contributed by atoms with van der Waals surface area (Å²) in [6.45, 7) is 1.14. The zero-order valence-electron chi connectivity index (χ0n) is 18.2. The van der Waals surface area contributed by atoms with E-state index in [0.717, 1.165) is 17.5 Å². The van der Waals surface area contributed by atoms with Crippen LogP contribution in [0.1, 0.15) is 19.1 Å². The lowest BCUT2D eigenvalue weighted by molar-refractivity contribution is -0.0682. The van der Waals surface area contributed by atoms with E-state index in [9.17, 15) is 9.59 Å². The van der Waals surface area contributed by atoms with Gasteiger partial charge in [-0.2, -0.15) is 0 Å². The van der Waals surface area contributed by atoms with Crippen LogP contribution in [-0.2, 0) is 20.8 Å². The number of aromatic nitrogens is 2. The Kier molecular flexibility index (Phi) is 10.2. The van der Waals surface area contributed by atoms with E-state index < -0.39 is 35.8 Å². The van der Waals surface area contributed by atoms with Gasteiger partial charge in [0, 0.05) is 25.4 Å². The Hall–Kier alpha value is -2.84. The van der Waals surface area contributed by atoms with Crippen LogP contribution in [0, 0.1) is 37.0 Å². The maximum atomic E-state index is 13.0. The summed E-state index contributed by atoms with van der Waals surface area (Å²) in [5.74, 6) is 7.15. The normalized spacial score (nSPS) is 22.4. The summed E-state index contributed by atoms with van der Waals surface area (Å²) in [5, 5.41) is 9.00. The number of ether oxygens (including phenoxy) is 3. The SMILES string of the molecule is C#CCO[C@@H]1[C@H](OCC#C)[C@@H](CN(C)CCCCO)O[C@H]1n1ccc(=O)n(CC#C)c1=O. The predicted molar refractivity (Wildman–Crippen MR) is 119 cm³/mol. The Morgan fingerprint density at radius 2 is 1.81 bits per heavy atom. The number of rotatable bonds is 12. The molecule has 1 N–H and O–H groups in total. The fourth-order valence-corrected chi connectivity index (χ4v) is 3.60. The van der Waals surface area contributed by atoms with Crippen molar-refractivity contribution in [3.05, 3.63) is 33.1 Å². The fourth-order valence-electron chi connectivity index (χ4n) is 3.60. The lowest BCUT2D eigenvalue weighted by Crippen LogP contribution is -2.44. The molecule has 9 nitrogen and oxygen atoms in total. The molecule has 0 aliphatic carbocycles. The Morgan fingerprint density at radius 3 is 2.44 bits per heavy atom. The highest BCUT2D eigenvalue weighted by Gasteiger charge is 2.48. The highest BCUT2D eigenvalue weighted by Crippen LogP contribution is 2.33. The summed E-state index contributed by atoms with van der Waals surface area (Å²) in [6, 6.07) is 1.24.